The number of aryl methyl sites for hydroxylation is 1. The molecule has 174 valence electrons. The molecule has 4 rings (SSSR count). The van der Waals surface area contributed by atoms with Gasteiger partial charge in [0, 0.05) is 17.4 Å². The molecule has 0 aromatic heterocycles. The van der Waals surface area contributed by atoms with E-state index in [1.165, 1.54) is 4.31 Å². The van der Waals surface area contributed by atoms with Crippen molar-refractivity contribution in [2.45, 2.75) is 34.9 Å². The first-order chi connectivity index (χ1) is 15.8. The lowest BCUT2D eigenvalue weighted by Crippen LogP contribution is -2.41. The molecule has 0 saturated carbocycles. The van der Waals surface area contributed by atoms with E-state index < -0.39 is 16.1 Å². The molecule has 3 aromatic rings. The first-order valence-electron chi connectivity index (χ1n) is 10.5. The molecule has 0 N–H and O–H groups in total. The summed E-state index contributed by atoms with van der Waals surface area (Å²) in [5.41, 5.74) is 2.40. The number of sulfonamides is 1. The number of benzene rings is 3. The topological polar surface area (TPSA) is 65.1 Å². The molecule has 0 aliphatic carbocycles. The van der Waals surface area contributed by atoms with Gasteiger partial charge in [-0.3, -0.25) is 4.31 Å². The molecule has 0 bridgehead atoms. The summed E-state index contributed by atoms with van der Waals surface area (Å²) < 4.78 is 46.2. The number of hydrogen-bond acceptors (Lipinski definition) is 6. The molecular weight excluding hydrogens is 458 g/mol. The summed E-state index contributed by atoms with van der Waals surface area (Å²) in [6.07, 6.45) is 0. The number of nitrogens with zero attached hydrogens (tertiary/aromatic N) is 1. The lowest BCUT2D eigenvalue weighted by molar-refractivity contribution is 0.387. The molecular formula is C25H27NO5S2. The van der Waals surface area contributed by atoms with E-state index in [0.717, 1.165) is 16.0 Å². The number of ether oxygens (including phenoxy) is 3. The summed E-state index contributed by atoms with van der Waals surface area (Å²) in [5, 5.41) is -0.0894. The van der Waals surface area contributed by atoms with Gasteiger partial charge in [0.1, 0.15) is 17.2 Å². The van der Waals surface area contributed by atoms with Gasteiger partial charge in [-0.25, -0.2) is 8.42 Å². The number of fused-ring (bicyclic) bond motifs is 1. The van der Waals surface area contributed by atoms with E-state index in [4.69, 9.17) is 14.2 Å². The monoisotopic (exact) mass is 485 g/mol. The highest BCUT2D eigenvalue weighted by atomic mass is 32.2. The van der Waals surface area contributed by atoms with Gasteiger partial charge >= 0.3 is 0 Å². The summed E-state index contributed by atoms with van der Waals surface area (Å²) in [6, 6.07) is 17.6. The van der Waals surface area contributed by atoms with Crippen molar-refractivity contribution in [3.8, 4) is 17.2 Å². The lowest BCUT2D eigenvalue weighted by Gasteiger charge is -2.41. The smallest absolute Gasteiger partial charge is 0.264 e. The van der Waals surface area contributed by atoms with E-state index in [0.29, 0.717) is 22.9 Å². The SMILES string of the molecule is COc1ccc(C2[C@@H](C)Sc3c(OC)cc(OC)cc3N2S(=O)(=O)c2ccc(C)cc2)cc1. The van der Waals surface area contributed by atoms with E-state index in [1.807, 2.05) is 50.2 Å². The zero-order valence-corrected chi connectivity index (χ0v) is 20.9. The Kier molecular flexibility index (Phi) is 6.50. The highest BCUT2D eigenvalue weighted by molar-refractivity contribution is 8.00. The normalized spacial score (nSPS) is 17.9. The van der Waals surface area contributed by atoms with Crippen molar-refractivity contribution in [3.63, 3.8) is 0 Å². The van der Waals surface area contributed by atoms with Crippen molar-refractivity contribution in [1.82, 2.24) is 0 Å². The standard InChI is InChI=1S/C25H27NO5S2/c1-16-6-12-21(13-7-16)33(27,28)26-22-14-20(30-4)15-23(31-5)25(22)32-17(2)24(26)18-8-10-19(29-3)11-9-18/h6-15,17,24H,1-5H3/t17-,24?/m1/s1. The van der Waals surface area contributed by atoms with Gasteiger partial charge in [-0.05, 0) is 36.8 Å². The van der Waals surface area contributed by atoms with Crippen molar-refractivity contribution in [1.29, 1.82) is 0 Å². The highest BCUT2D eigenvalue weighted by Crippen LogP contribution is 2.54. The van der Waals surface area contributed by atoms with Gasteiger partial charge < -0.3 is 14.2 Å². The van der Waals surface area contributed by atoms with Gasteiger partial charge in [-0.2, -0.15) is 0 Å². The molecule has 33 heavy (non-hydrogen) atoms. The average Bonchev–Trinajstić information content (AvgIpc) is 2.83. The van der Waals surface area contributed by atoms with Gasteiger partial charge in [-0.1, -0.05) is 36.8 Å². The van der Waals surface area contributed by atoms with Crippen LogP contribution in [0.2, 0.25) is 0 Å². The second-order valence-electron chi connectivity index (χ2n) is 7.83. The predicted molar refractivity (Wildman–Crippen MR) is 131 cm³/mol. The zero-order valence-electron chi connectivity index (χ0n) is 19.2. The Morgan fingerprint density at radius 3 is 2.06 bits per heavy atom. The molecule has 1 heterocycles. The van der Waals surface area contributed by atoms with E-state index in [9.17, 15) is 8.42 Å². The Hall–Kier alpha value is -2.84. The van der Waals surface area contributed by atoms with Crippen molar-refractivity contribution in [2.75, 3.05) is 25.6 Å². The lowest BCUT2D eigenvalue weighted by atomic mass is 10.0. The first kappa shape index (κ1) is 23.3. The third-order valence-electron chi connectivity index (χ3n) is 5.74. The maximum atomic E-state index is 14.1. The maximum absolute atomic E-state index is 14.1. The number of rotatable bonds is 6. The van der Waals surface area contributed by atoms with Crippen LogP contribution in [-0.2, 0) is 10.0 Å². The molecule has 0 amide bonds. The highest BCUT2D eigenvalue weighted by Gasteiger charge is 2.42. The van der Waals surface area contributed by atoms with Gasteiger partial charge in [-0.15, -0.1) is 11.8 Å². The summed E-state index contributed by atoms with van der Waals surface area (Å²) in [6.45, 7) is 3.96. The fourth-order valence-corrected chi connectivity index (χ4v) is 7.18. The van der Waals surface area contributed by atoms with Crippen molar-refractivity contribution < 1.29 is 22.6 Å². The Balaban J connectivity index is 1.98. The van der Waals surface area contributed by atoms with Crippen LogP contribution < -0.4 is 18.5 Å². The first-order valence-corrected chi connectivity index (χ1v) is 12.8. The largest absolute Gasteiger partial charge is 0.497 e. The maximum Gasteiger partial charge on any atom is 0.264 e. The molecule has 0 fully saturated rings. The minimum atomic E-state index is -3.91. The van der Waals surface area contributed by atoms with E-state index >= 15 is 0 Å². The second kappa shape index (κ2) is 9.19. The Labute approximate surface area is 199 Å². The molecule has 1 unspecified atom stereocenters. The quantitative estimate of drug-likeness (QED) is 0.463. The van der Waals surface area contributed by atoms with Gasteiger partial charge in [0.2, 0.25) is 0 Å². The van der Waals surface area contributed by atoms with Gasteiger partial charge in [0.05, 0.1) is 42.8 Å². The molecule has 1 aliphatic heterocycles. The second-order valence-corrected chi connectivity index (χ2v) is 11.0. The third-order valence-corrected chi connectivity index (χ3v) is 8.82. The molecule has 6 nitrogen and oxygen atoms in total. The van der Waals surface area contributed by atoms with Gasteiger partial charge in [0.25, 0.3) is 10.0 Å². The summed E-state index contributed by atoms with van der Waals surface area (Å²) in [4.78, 5) is 1.00. The van der Waals surface area contributed by atoms with Crippen molar-refractivity contribution in [2.24, 2.45) is 0 Å². The number of methoxy groups -OCH3 is 3. The zero-order chi connectivity index (χ0) is 23.8. The number of anilines is 1. The van der Waals surface area contributed by atoms with Crippen LogP contribution in [0, 0.1) is 6.92 Å². The van der Waals surface area contributed by atoms with E-state index in [-0.39, 0.29) is 10.1 Å². The number of thioether (sulfide) groups is 1. The van der Waals surface area contributed by atoms with Crippen LogP contribution in [0.15, 0.2) is 70.5 Å². The molecule has 3 aromatic carbocycles. The fraction of sp³-hybridized carbons (Fsp3) is 0.280. The van der Waals surface area contributed by atoms with Crippen LogP contribution in [0.25, 0.3) is 0 Å². The van der Waals surface area contributed by atoms with Crippen LogP contribution in [0.4, 0.5) is 5.69 Å². The molecule has 0 radical (unpaired) electrons. The van der Waals surface area contributed by atoms with E-state index in [2.05, 4.69) is 0 Å². The minimum Gasteiger partial charge on any atom is -0.497 e. The van der Waals surface area contributed by atoms with Crippen LogP contribution in [0.3, 0.4) is 0 Å². The minimum absolute atomic E-state index is 0.0894. The molecule has 8 heteroatoms. The van der Waals surface area contributed by atoms with Gasteiger partial charge in [0.15, 0.2) is 0 Å². The fourth-order valence-electron chi connectivity index (χ4n) is 4.02. The Morgan fingerprint density at radius 2 is 1.48 bits per heavy atom. The van der Waals surface area contributed by atoms with Crippen LogP contribution in [-0.4, -0.2) is 35.0 Å². The van der Waals surface area contributed by atoms with E-state index in [1.54, 1.807) is 57.4 Å². The summed E-state index contributed by atoms with van der Waals surface area (Å²) >= 11 is 1.59. The molecule has 1 aliphatic rings. The summed E-state index contributed by atoms with van der Waals surface area (Å²) in [7, 11) is 0.831. The third kappa shape index (κ3) is 4.25. The average molecular weight is 486 g/mol. The van der Waals surface area contributed by atoms with Crippen molar-refractivity contribution >= 4 is 27.5 Å². The number of hydrogen-bond donors (Lipinski definition) is 0. The Bertz CT molecular complexity index is 1240. The van der Waals surface area contributed by atoms with Crippen molar-refractivity contribution in [3.05, 3.63) is 71.8 Å². The predicted octanol–water partition coefficient (Wildman–Crippen LogP) is 5.45. The Morgan fingerprint density at radius 1 is 0.848 bits per heavy atom. The van der Waals surface area contributed by atoms with Crippen LogP contribution in [0.5, 0.6) is 17.2 Å². The molecule has 2 atom stereocenters. The van der Waals surface area contributed by atoms with Crippen LogP contribution >= 0.6 is 11.8 Å². The molecule has 0 spiro atoms. The van der Waals surface area contributed by atoms with Crippen LogP contribution in [0.1, 0.15) is 24.1 Å². The summed E-state index contributed by atoms with van der Waals surface area (Å²) in [5.74, 6) is 1.82. The molecule has 0 saturated heterocycles.